The molecule has 0 aromatic rings. The third kappa shape index (κ3) is 10.4. The molecule has 0 heterocycles. The van der Waals surface area contributed by atoms with Crippen LogP contribution in [0, 0.1) is 0 Å². The zero-order valence-electron chi connectivity index (χ0n) is 11.1. The first-order valence-electron chi connectivity index (χ1n) is 6.95. The number of unbranched alkanes of at least 4 members (excludes halogenated alkanes) is 5. The van der Waals surface area contributed by atoms with E-state index >= 15 is 0 Å². The molecule has 0 saturated heterocycles. The van der Waals surface area contributed by atoms with E-state index in [-0.39, 0.29) is 0 Å². The van der Waals surface area contributed by atoms with Crippen LogP contribution in [-0.4, -0.2) is 25.2 Å². The molecule has 0 rings (SSSR count). The molecule has 0 aliphatic heterocycles. The lowest BCUT2D eigenvalue weighted by atomic mass is 10.0. The first-order chi connectivity index (χ1) is 7.70. The Bertz CT molecular complexity index is 125. The lowest BCUT2D eigenvalue weighted by Gasteiger charge is -2.05. The average Bonchev–Trinajstić information content (AvgIpc) is 2.31. The molecule has 0 aliphatic rings. The average molecular weight is 234 g/mol. The smallest absolute Gasteiger partial charge is 0.134 e. The quantitative estimate of drug-likeness (QED) is 0.291. The molecule has 0 aromatic carbocycles. The van der Waals surface area contributed by atoms with E-state index < -0.39 is 0 Å². The fraction of sp³-hybridized carbons (Fsp3) is 1.00. The number of hydrogen-bond acceptors (Lipinski definition) is 0. The molecule has 0 saturated carbocycles. The largest absolute Gasteiger partial charge is 0.353 e. The molecule has 2 unspecified atom stereocenters. The molecule has 16 heavy (non-hydrogen) atoms. The van der Waals surface area contributed by atoms with E-state index in [4.69, 9.17) is 0 Å². The van der Waals surface area contributed by atoms with E-state index in [0.29, 0.717) is 12.1 Å². The second-order valence-electron chi connectivity index (χ2n) is 5.01. The summed E-state index contributed by atoms with van der Waals surface area (Å²) in [5, 5.41) is 0. The van der Waals surface area contributed by atoms with Gasteiger partial charge in [-0.15, -0.1) is 0 Å². The Morgan fingerprint density at radius 1 is 0.562 bits per heavy atom. The molecule has 0 amide bonds. The minimum atomic E-state index is 0.573. The molecule has 0 aromatic heterocycles. The third-order valence-corrected chi connectivity index (χ3v) is 3.29. The summed E-state index contributed by atoms with van der Waals surface area (Å²) in [7, 11) is 0. The highest BCUT2D eigenvalue weighted by molar-refractivity contribution is 4.53. The topological polar surface area (TPSA) is 111 Å². The molecule has 0 radical (unpaired) electrons. The maximum absolute atomic E-state index is 4.06. The predicted molar refractivity (Wildman–Crippen MR) is 65.8 cm³/mol. The van der Waals surface area contributed by atoms with E-state index in [9.17, 15) is 0 Å². The van der Waals surface area contributed by atoms with Crippen molar-refractivity contribution in [3.63, 3.8) is 0 Å². The van der Waals surface area contributed by atoms with Crippen molar-refractivity contribution >= 4 is 0 Å². The fourth-order valence-electron chi connectivity index (χ4n) is 1.86. The Morgan fingerprint density at radius 2 is 0.875 bits per heavy atom. The maximum Gasteiger partial charge on any atom is 0.134 e. The highest BCUT2D eigenvalue weighted by Crippen LogP contribution is 2.09. The van der Waals surface area contributed by atoms with Crippen molar-refractivity contribution in [1.29, 1.82) is 0 Å². The van der Waals surface area contributed by atoms with Crippen molar-refractivity contribution in [2.45, 2.75) is 63.5 Å². The first kappa shape index (κ1) is 15.8. The van der Waals surface area contributed by atoms with E-state index in [1.165, 1.54) is 51.4 Å². The van der Waals surface area contributed by atoms with Crippen molar-refractivity contribution < 1.29 is 22.9 Å². The standard InChI is InChI=1S/C12H30N4/c13-9-11(15)7-5-3-1-2-4-6-8-12(16)10-14/h11-12H,1-10,13-16H2/p+4. The van der Waals surface area contributed by atoms with Crippen molar-refractivity contribution in [3.8, 4) is 0 Å². The zero-order valence-corrected chi connectivity index (χ0v) is 11.1. The van der Waals surface area contributed by atoms with Crippen LogP contribution in [0.2, 0.25) is 0 Å². The molecule has 4 heteroatoms. The third-order valence-electron chi connectivity index (χ3n) is 3.29. The molecular formula is C12H34N4+4. The van der Waals surface area contributed by atoms with Crippen LogP contribution < -0.4 is 22.9 Å². The zero-order chi connectivity index (χ0) is 12.2. The van der Waals surface area contributed by atoms with Crippen LogP contribution in [0.15, 0.2) is 0 Å². The van der Waals surface area contributed by atoms with E-state index in [2.05, 4.69) is 22.9 Å². The summed E-state index contributed by atoms with van der Waals surface area (Å²) in [5.41, 5.74) is 15.9. The fourth-order valence-corrected chi connectivity index (χ4v) is 1.86. The Balaban J connectivity index is 3.04. The maximum atomic E-state index is 4.06. The number of quaternary nitrogens is 4. The minimum absolute atomic E-state index is 0.573. The van der Waals surface area contributed by atoms with Gasteiger partial charge in [0.1, 0.15) is 25.2 Å². The predicted octanol–water partition coefficient (Wildman–Crippen LogP) is -2.19. The number of rotatable bonds is 11. The Labute approximate surface area is 100 Å². The molecule has 0 spiro atoms. The van der Waals surface area contributed by atoms with E-state index in [1.54, 1.807) is 0 Å². The summed E-state index contributed by atoms with van der Waals surface area (Å²) in [6.07, 6.45) is 10.7. The lowest BCUT2D eigenvalue weighted by Crippen LogP contribution is -2.72. The second kappa shape index (κ2) is 11.3. The second-order valence-corrected chi connectivity index (χ2v) is 5.01. The van der Waals surface area contributed by atoms with Crippen molar-refractivity contribution in [3.05, 3.63) is 0 Å². The van der Waals surface area contributed by atoms with Gasteiger partial charge in [-0.05, 0) is 12.8 Å². The van der Waals surface area contributed by atoms with Gasteiger partial charge >= 0.3 is 0 Å². The Morgan fingerprint density at radius 3 is 1.19 bits per heavy atom. The van der Waals surface area contributed by atoms with Crippen molar-refractivity contribution in [1.82, 2.24) is 0 Å². The Kier molecular flexibility index (Phi) is 11.2. The summed E-state index contributed by atoms with van der Waals surface area (Å²) < 4.78 is 0. The van der Waals surface area contributed by atoms with Crippen molar-refractivity contribution in [2.75, 3.05) is 13.1 Å². The van der Waals surface area contributed by atoms with Gasteiger partial charge in [-0.2, -0.15) is 0 Å². The van der Waals surface area contributed by atoms with Crippen molar-refractivity contribution in [2.24, 2.45) is 0 Å². The molecule has 0 aliphatic carbocycles. The monoisotopic (exact) mass is 234 g/mol. The van der Waals surface area contributed by atoms with Crippen LogP contribution in [0.4, 0.5) is 0 Å². The van der Waals surface area contributed by atoms with Gasteiger partial charge in [-0.3, -0.25) is 0 Å². The van der Waals surface area contributed by atoms with Gasteiger partial charge in [0.2, 0.25) is 0 Å². The SMILES string of the molecule is [NH3+]CC([NH3+])CCCCCCCCC([NH3+])C[NH3+]. The summed E-state index contributed by atoms with van der Waals surface area (Å²) >= 11 is 0. The summed E-state index contributed by atoms with van der Waals surface area (Å²) in [4.78, 5) is 0. The minimum Gasteiger partial charge on any atom is -0.353 e. The summed E-state index contributed by atoms with van der Waals surface area (Å²) in [6.45, 7) is 1.96. The lowest BCUT2D eigenvalue weighted by molar-refractivity contribution is -0.494. The molecular weight excluding hydrogens is 200 g/mol. The van der Waals surface area contributed by atoms with Crippen LogP contribution in [-0.2, 0) is 0 Å². The van der Waals surface area contributed by atoms with Gasteiger partial charge in [0.15, 0.2) is 0 Å². The normalized spacial score (nSPS) is 15.0. The van der Waals surface area contributed by atoms with Gasteiger partial charge in [-0.25, -0.2) is 0 Å². The molecule has 4 nitrogen and oxygen atoms in total. The summed E-state index contributed by atoms with van der Waals surface area (Å²) in [5.74, 6) is 0. The first-order valence-corrected chi connectivity index (χ1v) is 6.95. The van der Waals surface area contributed by atoms with E-state index in [0.717, 1.165) is 13.1 Å². The Hall–Kier alpha value is -0.160. The van der Waals surface area contributed by atoms with Gasteiger partial charge in [0.25, 0.3) is 0 Å². The van der Waals surface area contributed by atoms with Crippen LogP contribution in [0.25, 0.3) is 0 Å². The van der Waals surface area contributed by atoms with Crippen LogP contribution in [0.3, 0.4) is 0 Å². The molecule has 98 valence electrons. The number of hydrogen-bond donors (Lipinski definition) is 4. The van der Waals surface area contributed by atoms with Gasteiger partial charge in [-0.1, -0.05) is 25.7 Å². The van der Waals surface area contributed by atoms with E-state index in [1.807, 2.05) is 0 Å². The van der Waals surface area contributed by atoms with Gasteiger partial charge in [0, 0.05) is 12.8 Å². The highest BCUT2D eigenvalue weighted by atomic mass is 14.7. The molecule has 0 fully saturated rings. The van der Waals surface area contributed by atoms with Crippen LogP contribution >= 0.6 is 0 Å². The van der Waals surface area contributed by atoms with Gasteiger partial charge in [0.05, 0.1) is 0 Å². The molecule has 12 N–H and O–H groups in total. The van der Waals surface area contributed by atoms with Gasteiger partial charge < -0.3 is 22.9 Å². The van der Waals surface area contributed by atoms with Crippen LogP contribution in [0.5, 0.6) is 0 Å². The highest BCUT2D eigenvalue weighted by Gasteiger charge is 2.05. The molecule has 2 atom stereocenters. The summed E-state index contributed by atoms with van der Waals surface area (Å²) in [6, 6.07) is 1.15. The molecule has 0 bridgehead atoms. The van der Waals surface area contributed by atoms with Crippen LogP contribution in [0.1, 0.15) is 51.4 Å².